The maximum Gasteiger partial charge on any atom is 0.183 e. The van der Waals surface area contributed by atoms with E-state index in [4.69, 9.17) is 14.7 Å². The molecule has 0 radical (unpaired) electrons. The van der Waals surface area contributed by atoms with Crippen LogP contribution in [0.4, 0.5) is 5.69 Å². The molecule has 1 aliphatic heterocycles. The molecule has 2 bridgehead atoms. The number of hydrogen-bond acceptors (Lipinski definition) is 5. The zero-order valence-corrected chi connectivity index (χ0v) is 11.6. The molecule has 1 heterocycles. The van der Waals surface area contributed by atoms with E-state index < -0.39 is 6.29 Å². The number of rotatable bonds is 2. The summed E-state index contributed by atoms with van der Waals surface area (Å²) >= 11 is 0. The molecule has 5 nitrogen and oxygen atoms in total. The van der Waals surface area contributed by atoms with Crippen molar-refractivity contribution in [3.8, 4) is 0 Å². The Labute approximate surface area is 123 Å². The third-order valence-electron chi connectivity index (χ3n) is 5.04. The maximum atomic E-state index is 11.0. The van der Waals surface area contributed by atoms with E-state index >= 15 is 0 Å². The van der Waals surface area contributed by atoms with Gasteiger partial charge in [0.1, 0.15) is 0 Å². The third-order valence-corrected chi connectivity index (χ3v) is 5.04. The summed E-state index contributed by atoms with van der Waals surface area (Å²) in [5, 5.41) is 19.8. The number of benzene rings is 1. The smallest absolute Gasteiger partial charge is 0.183 e. The van der Waals surface area contributed by atoms with Crippen LogP contribution >= 0.6 is 0 Å². The van der Waals surface area contributed by atoms with Gasteiger partial charge < -0.3 is 19.9 Å². The van der Waals surface area contributed by atoms with E-state index in [0.29, 0.717) is 25.0 Å². The minimum Gasteiger partial charge on any atom is -0.733 e. The second-order valence-corrected chi connectivity index (χ2v) is 6.38. The highest BCUT2D eigenvalue weighted by Crippen LogP contribution is 2.54. The van der Waals surface area contributed by atoms with Crippen molar-refractivity contribution in [3.63, 3.8) is 0 Å². The predicted molar refractivity (Wildman–Crippen MR) is 76.5 cm³/mol. The molecular weight excluding hydrogens is 270 g/mol. The van der Waals surface area contributed by atoms with Crippen molar-refractivity contribution in [3.05, 3.63) is 47.2 Å². The predicted octanol–water partition coefficient (Wildman–Crippen LogP) is 3.01. The molecule has 2 aliphatic carbocycles. The standard InChI is InChI=1S/C16H18NO4/c18-17(19)14-3-1-2-12(7-14)15-20-9-16(10-21-15)8-11-4-5-13(16)6-11/h1-5,7,11,13,15,18H,6,8-10H2/q-1. The number of hydrogen-bond donors (Lipinski definition) is 1. The minimum absolute atomic E-state index is 0.134. The van der Waals surface area contributed by atoms with Crippen LogP contribution in [-0.4, -0.2) is 18.4 Å². The van der Waals surface area contributed by atoms with Gasteiger partial charge in [0.05, 0.1) is 18.9 Å². The topological polar surface area (TPSA) is 65.0 Å². The fourth-order valence-corrected chi connectivity index (χ4v) is 3.94. The van der Waals surface area contributed by atoms with Gasteiger partial charge in [0.25, 0.3) is 0 Å². The highest BCUT2D eigenvalue weighted by molar-refractivity contribution is 5.46. The third kappa shape index (κ3) is 2.17. The van der Waals surface area contributed by atoms with Gasteiger partial charge in [0, 0.05) is 11.0 Å². The van der Waals surface area contributed by atoms with E-state index in [1.807, 2.05) is 6.07 Å². The molecule has 4 rings (SSSR count). The summed E-state index contributed by atoms with van der Waals surface area (Å²) < 4.78 is 11.9. The normalized spacial score (nSPS) is 37.3. The van der Waals surface area contributed by atoms with Crippen molar-refractivity contribution in [2.24, 2.45) is 17.3 Å². The average molecular weight is 288 g/mol. The van der Waals surface area contributed by atoms with Gasteiger partial charge in [0.2, 0.25) is 0 Å². The van der Waals surface area contributed by atoms with Crippen LogP contribution in [0.2, 0.25) is 0 Å². The SMILES string of the molecule is [O-]N(O)c1cccc(C2OCC3(CO2)CC2C=CC3C2)c1. The summed E-state index contributed by atoms with van der Waals surface area (Å²) in [6, 6.07) is 6.69. The lowest BCUT2D eigenvalue weighted by Gasteiger charge is -2.41. The Morgan fingerprint density at radius 1 is 1.24 bits per heavy atom. The monoisotopic (exact) mass is 288 g/mol. The molecule has 21 heavy (non-hydrogen) atoms. The van der Waals surface area contributed by atoms with Gasteiger partial charge in [-0.15, -0.1) is 0 Å². The van der Waals surface area contributed by atoms with Gasteiger partial charge >= 0.3 is 0 Å². The summed E-state index contributed by atoms with van der Waals surface area (Å²) in [5.41, 5.74) is 1.08. The fourth-order valence-electron chi connectivity index (χ4n) is 3.94. The van der Waals surface area contributed by atoms with Gasteiger partial charge in [-0.05, 0) is 36.8 Å². The van der Waals surface area contributed by atoms with Gasteiger partial charge in [-0.2, -0.15) is 0 Å². The molecule has 1 saturated carbocycles. The Balaban J connectivity index is 1.48. The van der Waals surface area contributed by atoms with E-state index in [-0.39, 0.29) is 16.3 Å². The molecule has 0 aromatic heterocycles. The van der Waals surface area contributed by atoms with Crippen molar-refractivity contribution in [2.75, 3.05) is 18.4 Å². The Bertz CT molecular complexity index is 563. The Kier molecular flexibility index (Phi) is 3.04. The highest BCUT2D eigenvalue weighted by atomic mass is 16.8. The lowest BCUT2D eigenvalue weighted by Crippen LogP contribution is -2.41. The van der Waals surface area contributed by atoms with Gasteiger partial charge in [-0.1, -0.05) is 24.3 Å². The molecule has 2 fully saturated rings. The summed E-state index contributed by atoms with van der Waals surface area (Å²) in [4.78, 5) is 0. The first-order valence-corrected chi connectivity index (χ1v) is 7.34. The van der Waals surface area contributed by atoms with Crippen molar-refractivity contribution in [1.82, 2.24) is 0 Å². The maximum absolute atomic E-state index is 11.0. The first-order chi connectivity index (χ1) is 10.2. The molecule has 2 unspecified atom stereocenters. The molecule has 1 N–H and O–H groups in total. The van der Waals surface area contributed by atoms with Crippen LogP contribution in [0.1, 0.15) is 24.7 Å². The fraction of sp³-hybridized carbons (Fsp3) is 0.500. The zero-order valence-electron chi connectivity index (χ0n) is 11.6. The van der Waals surface area contributed by atoms with Crippen molar-refractivity contribution in [1.29, 1.82) is 0 Å². The molecule has 2 atom stereocenters. The van der Waals surface area contributed by atoms with E-state index in [0.717, 1.165) is 12.0 Å². The number of anilines is 1. The molecule has 1 aromatic rings. The average Bonchev–Trinajstić information content (AvgIpc) is 3.09. The minimum atomic E-state index is -0.460. The van der Waals surface area contributed by atoms with Crippen LogP contribution in [-0.2, 0) is 9.47 Å². The number of allylic oxidation sites excluding steroid dienone is 2. The Morgan fingerprint density at radius 3 is 2.67 bits per heavy atom. The lowest BCUT2D eigenvalue weighted by molar-refractivity contribution is -0.239. The van der Waals surface area contributed by atoms with Crippen LogP contribution in [0.25, 0.3) is 0 Å². The van der Waals surface area contributed by atoms with E-state index in [2.05, 4.69) is 12.2 Å². The van der Waals surface area contributed by atoms with Gasteiger partial charge in [-0.25, -0.2) is 0 Å². The first-order valence-electron chi connectivity index (χ1n) is 7.34. The molecule has 3 aliphatic rings. The van der Waals surface area contributed by atoms with Crippen LogP contribution < -0.4 is 5.23 Å². The second-order valence-electron chi connectivity index (χ2n) is 6.38. The molecular formula is C16H18NO4-. The summed E-state index contributed by atoms with van der Waals surface area (Å²) in [5.74, 6) is 1.26. The highest BCUT2D eigenvalue weighted by Gasteiger charge is 2.51. The molecule has 1 saturated heterocycles. The summed E-state index contributed by atoms with van der Waals surface area (Å²) in [7, 11) is 0. The lowest BCUT2D eigenvalue weighted by atomic mass is 9.76. The first kappa shape index (κ1) is 13.3. The molecule has 0 amide bonds. The molecule has 1 aromatic carbocycles. The molecule has 1 spiro atoms. The largest absolute Gasteiger partial charge is 0.733 e. The molecule has 5 heteroatoms. The number of fused-ring (bicyclic) bond motifs is 3. The van der Waals surface area contributed by atoms with E-state index in [1.165, 1.54) is 6.42 Å². The van der Waals surface area contributed by atoms with E-state index in [9.17, 15) is 5.21 Å². The van der Waals surface area contributed by atoms with Crippen molar-refractivity contribution >= 4 is 5.69 Å². The summed E-state index contributed by atoms with van der Waals surface area (Å²) in [6.45, 7) is 1.38. The quantitative estimate of drug-likeness (QED) is 0.669. The van der Waals surface area contributed by atoms with Gasteiger partial charge in [0.15, 0.2) is 6.29 Å². The van der Waals surface area contributed by atoms with Gasteiger partial charge in [-0.3, -0.25) is 5.21 Å². The summed E-state index contributed by atoms with van der Waals surface area (Å²) in [6.07, 6.45) is 6.53. The van der Waals surface area contributed by atoms with Crippen LogP contribution in [0.15, 0.2) is 36.4 Å². The van der Waals surface area contributed by atoms with Crippen LogP contribution in [0.5, 0.6) is 0 Å². The Morgan fingerprint density at radius 2 is 2.05 bits per heavy atom. The van der Waals surface area contributed by atoms with E-state index in [1.54, 1.807) is 18.2 Å². The van der Waals surface area contributed by atoms with Crippen molar-refractivity contribution in [2.45, 2.75) is 19.1 Å². The van der Waals surface area contributed by atoms with Crippen molar-refractivity contribution < 1.29 is 14.7 Å². The molecule has 112 valence electrons. The Hall–Kier alpha value is -1.40. The van der Waals surface area contributed by atoms with Crippen LogP contribution in [0.3, 0.4) is 0 Å². The number of ether oxygens (including phenoxy) is 2. The zero-order chi connectivity index (χ0) is 14.4. The second kappa shape index (κ2) is 4.81. The number of nitrogens with zero attached hydrogens (tertiary/aromatic N) is 1. The van der Waals surface area contributed by atoms with Crippen LogP contribution in [0, 0.1) is 22.5 Å².